The molecule has 0 spiro atoms. The van der Waals surface area contributed by atoms with Gasteiger partial charge in [0.05, 0.1) is 12.0 Å². The molecule has 0 aromatic heterocycles. The van der Waals surface area contributed by atoms with Crippen LogP contribution < -0.4 is 10.6 Å². The van der Waals surface area contributed by atoms with Gasteiger partial charge in [0.15, 0.2) is 6.61 Å². The molecule has 6 nitrogen and oxygen atoms in total. The minimum absolute atomic E-state index is 0.0938. The van der Waals surface area contributed by atoms with Crippen LogP contribution in [0.4, 0.5) is 8.78 Å². The summed E-state index contributed by atoms with van der Waals surface area (Å²) in [6.45, 7) is 4.07. The van der Waals surface area contributed by atoms with Crippen molar-refractivity contribution in [1.82, 2.24) is 10.6 Å². The van der Waals surface area contributed by atoms with Crippen molar-refractivity contribution < 1.29 is 27.9 Å². The second kappa shape index (κ2) is 10.4. The number of carbonyl (C=O) groups excluding carboxylic acids is 3. The predicted octanol–water partition coefficient (Wildman–Crippen LogP) is 1.79. The first-order valence-electron chi connectivity index (χ1n) is 7.95. The summed E-state index contributed by atoms with van der Waals surface area (Å²) in [4.78, 5) is 34.6. The van der Waals surface area contributed by atoms with Crippen LogP contribution >= 0.6 is 0 Å². The number of ether oxygens (including phenoxy) is 1. The minimum Gasteiger partial charge on any atom is -0.456 e. The summed E-state index contributed by atoms with van der Waals surface area (Å²) in [7, 11) is 0. The lowest BCUT2D eigenvalue weighted by atomic mass is 10.1. The quantitative estimate of drug-likeness (QED) is 0.661. The third-order valence-electron chi connectivity index (χ3n) is 3.20. The summed E-state index contributed by atoms with van der Waals surface area (Å²) in [5.74, 6) is -3.15. The van der Waals surface area contributed by atoms with Gasteiger partial charge in [0.2, 0.25) is 0 Å². The maximum atomic E-state index is 13.4. The van der Waals surface area contributed by atoms with Gasteiger partial charge in [-0.15, -0.1) is 0 Å². The van der Waals surface area contributed by atoms with Gasteiger partial charge in [0.25, 0.3) is 11.8 Å². The summed E-state index contributed by atoms with van der Waals surface area (Å²) >= 11 is 0. The Hall–Kier alpha value is -2.51. The number of nitrogens with one attached hydrogen (secondary N) is 2. The smallest absolute Gasteiger partial charge is 0.308 e. The van der Waals surface area contributed by atoms with E-state index in [0.717, 1.165) is 18.6 Å². The highest BCUT2D eigenvalue weighted by Gasteiger charge is 2.13. The zero-order chi connectivity index (χ0) is 18.8. The predicted molar refractivity (Wildman–Crippen MR) is 86.7 cm³/mol. The van der Waals surface area contributed by atoms with E-state index in [0.29, 0.717) is 18.5 Å². The molecule has 25 heavy (non-hydrogen) atoms. The molecular weight excluding hydrogens is 334 g/mol. The number of esters is 1. The van der Waals surface area contributed by atoms with Gasteiger partial charge in [-0.1, -0.05) is 13.8 Å². The average Bonchev–Trinajstić information content (AvgIpc) is 2.52. The Labute approximate surface area is 144 Å². The number of hydrogen-bond donors (Lipinski definition) is 2. The summed E-state index contributed by atoms with van der Waals surface area (Å²) in [6, 6.07) is 2.57. The number of benzene rings is 1. The summed E-state index contributed by atoms with van der Waals surface area (Å²) in [5, 5.41) is 4.94. The molecule has 0 saturated carbocycles. The van der Waals surface area contributed by atoms with E-state index in [1.54, 1.807) is 0 Å². The molecule has 0 heterocycles. The molecule has 0 unspecified atom stereocenters. The number of amides is 2. The van der Waals surface area contributed by atoms with Crippen LogP contribution in [0.2, 0.25) is 0 Å². The van der Waals surface area contributed by atoms with Crippen LogP contribution in [-0.2, 0) is 14.3 Å². The van der Waals surface area contributed by atoms with E-state index in [-0.39, 0.29) is 18.5 Å². The van der Waals surface area contributed by atoms with Gasteiger partial charge in [-0.3, -0.25) is 14.4 Å². The second-order valence-electron chi connectivity index (χ2n) is 5.82. The van der Waals surface area contributed by atoms with Crippen LogP contribution in [0.25, 0.3) is 0 Å². The molecule has 0 aliphatic rings. The van der Waals surface area contributed by atoms with Crippen LogP contribution in [0.5, 0.6) is 0 Å². The average molecular weight is 356 g/mol. The van der Waals surface area contributed by atoms with E-state index in [9.17, 15) is 23.2 Å². The molecule has 1 aromatic carbocycles. The molecule has 2 N–H and O–H groups in total. The number of carbonyl (C=O) groups is 3. The van der Waals surface area contributed by atoms with Crippen LogP contribution in [0.15, 0.2) is 18.2 Å². The van der Waals surface area contributed by atoms with Gasteiger partial charge < -0.3 is 15.4 Å². The lowest BCUT2D eigenvalue weighted by molar-refractivity contribution is -0.148. The molecule has 0 bridgehead atoms. The Balaban J connectivity index is 2.23. The van der Waals surface area contributed by atoms with Gasteiger partial charge in [-0.2, -0.15) is 0 Å². The van der Waals surface area contributed by atoms with Crippen LogP contribution in [0.1, 0.15) is 37.0 Å². The molecule has 8 heteroatoms. The van der Waals surface area contributed by atoms with Gasteiger partial charge in [0, 0.05) is 19.2 Å². The van der Waals surface area contributed by atoms with Crippen molar-refractivity contribution in [2.24, 2.45) is 5.92 Å². The largest absolute Gasteiger partial charge is 0.456 e. The number of halogens is 2. The van der Waals surface area contributed by atoms with Crippen LogP contribution in [0.3, 0.4) is 0 Å². The van der Waals surface area contributed by atoms with E-state index in [1.165, 1.54) is 0 Å². The fourth-order valence-electron chi connectivity index (χ4n) is 1.82. The maximum Gasteiger partial charge on any atom is 0.308 e. The molecule has 1 aromatic rings. The third kappa shape index (κ3) is 8.23. The molecule has 0 fully saturated rings. The van der Waals surface area contributed by atoms with Gasteiger partial charge >= 0.3 is 5.97 Å². The molecule has 0 radical (unpaired) electrons. The molecule has 0 aliphatic carbocycles. The van der Waals surface area contributed by atoms with E-state index >= 15 is 0 Å². The highest BCUT2D eigenvalue weighted by molar-refractivity contribution is 5.94. The molecule has 138 valence electrons. The standard InChI is InChI=1S/C17H22F2N2O4/c1-11(2)5-7-20-15(22)10-25-16(23)6-8-21-17(24)13-4-3-12(18)9-14(13)19/h3-4,9,11H,5-8,10H2,1-2H3,(H,20,22)(H,21,24). The Bertz CT molecular complexity index is 621. The molecular formula is C17H22F2N2O4. The highest BCUT2D eigenvalue weighted by Crippen LogP contribution is 2.09. The van der Waals surface area contributed by atoms with Gasteiger partial charge in [-0.05, 0) is 24.5 Å². The Morgan fingerprint density at radius 2 is 1.84 bits per heavy atom. The lowest BCUT2D eigenvalue weighted by Gasteiger charge is -2.08. The van der Waals surface area contributed by atoms with Crippen LogP contribution in [0, 0.1) is 17.6 Å². The normalized spacial score (nSPS) is 10.4. The molecule has 0 atom stereocenters. The fraction of sp³-hybridized carbons (Fsp3) is 0.471. The van der Waals surface area contributed by atoms with E-state index in [2.05, 4.69) is 10.6 Å². The van der Waals surface area contributed by atoms with Crippen molar-refractivity contribution in [2.75, 3.05) is 19.7 Å². The van der Waals surface area contributed by atoms with Crippen molar-refractivity contribution in [1.29, 1.82) is 0 Å². The fourth-order valence-corrected chi connectivity index (χ4v) is 1.82. The van der Waals surface area contributed by atoms with E-state index < -0.39 is 36.0 Å². The molecule has 0 aliphatic heterocycles. The van der Waals surface area contributed by atoms with Gasteiger partial charge in [0.1, 0.15) is 11.6 Å². The van der Waals surface area contributed by atoms with Crippen molar-refractivity contribution in [3.05, 3.63) is 35.4 Å². The summed E-state index contributed by atoms with van der Waals surface area (Å²) < 4.78 is 30.9. The Morgan fingerprint density at radius 1 is 1.12 bits per heavy atom. The number of hydrogen-bond acceptors (Lipinski definition) is 4. The first kappa shape index (κ1) is 20.5. The molecule has 2 amide bonds. The summed E-state index contributed by atoms with van der Waals surface area (Å²) in [6.07, 6.45) is 0.652. The van der Waals surface area contributed by atoms with Gasteiger partial charge in [-0.25, -0.2) is 8.78 Å². The van der Waals surface area contributed by atoms with Crippen molar-refractivity contribution in [2.45, 2.75) is 26.7 Å². The zero-order valence-corrected chi connectivity index (χ0v) is 14.2. The minimum atomic E-state index is -0.988. The first-order chi connectivity index (χ1) is 11.8. The van der Waals surface area contributed by atoms with E-state index in [1.807, 2.05) is 13.8 Å². The third-order valence-corrected chi connectivity index (χ3v) is 3.20. The number of rotatable bonds is 9. The van der Waals surface area contributed by atoms with Crippen LogP contribution in [-0.4, -0.2) is 37.5 Å². The zero-order valence-electron chi connectivity index (χ0n) is 14.2. The summed E-state index contributed by atoms with van der Waals surface area (Å²) in [5.41, 5.74) is -0.320. The SMILES string of the molecule is CC(C)CCNC(=O)COC(=O)CCNC(=O)c1ccc(F)cc1F. The Kier molecular flexibility index (Phi) is 8.52. The van der Waals surface area contributed by atoms with Crippen molar-refractivity contribution in [3.8, 4) is 0 Å². The van der Waals surface area contributed by atoms with E-state index in [4.69, 9.17) is 4.74 Å². The molecule has 0 saturated heterocycles. The monoisotopic (exact) mass is 356 g/mol. The lowest BCUT2D eigenvalue weighted by Crippen LogP contribution is -2.31. The maximum absolute atomic E-state index is 13.4. The molecule has 1 rings (SSSR count). The Morgan fingerprint density at radius 3 is 2.48 bits per heavy atom. The topological polar surface area (TPSA) is 84.5 Å². The van der Waals surface area contributed by atoms with Crippen molar-refractivity contribution >= 4 is 17.8 Å². The second-order valence-corrected chi connectivity index (χ2v) is 5.82. The first-order valence-corrected chi connectivity index (χ1v) is 7.95. The van der Waals surface area contributed by atoms with Crippen molar-refractivity contribution in [3.63, 3.8) is 0 Å². The highest BCUT2D eigenvalue weighted by atomic mass is 19.1.